The molecule has 0 amide bonds. The maximum atomic E-state index is 12.3. The quantitative estimate of drug-likeness (QED) is 0.710. The van der Waals surface area contributed by atoms with Gasteiger partial charge in [0.25, 0.3) is 0 Å². The third-order valence-corrected chi connectivity index (χ3v) is 4.60. The van der Waals surface area contributed by atoms with Gasteiger partial charge in [0.1, 0.15) is 0 Å². The number of carbonyl (C=O) groups is 1. The molecule has 0 aromatic rings. The summed E-state index contributed by atoms with van der Waals surface area (Å²) in [6, 6.07) is 0. The van der Waals surface area contributed by atoms with E-state index in [0.29, 0.717) is 19.4 Å². The zero-order valence-corrected chi connectivity index (χ0v) is 13.1. The zero-order valence-electron chi connectivity index (χ0n) is 13.1. The van der Waals surface area contributed by atoms with Crippen LogP contribution in [0.25, 0.3) is 0 Å². The Labute approximate surface area is 112 Å². The van der Waals surface area contributed by atoms with Gasteiger partial charge < -0.3 is 9.84 Å². The molecular weight excluding hydrogens is 228 g/mol. The number of carbonyl (C=O) groups excluding carboxylic acids is 1. The Morgan fingerprint density at radius 3 is 1.89 bits per heavy atom. The highest BCUT2D eigenvalue weighted by Gasteiger charge is 2.50. The standard InChI is InChI=1S/C15H30O3/c1-8-13(4,5)15(7,12(16)18-10-3)11-14(6,17)9-2/h17H,8-11H2,1-7H3. The van der Waals surface area contributed by atoms with Gasteiger partial charge in [0, 0.05) is 0 Å². The van der Waals surface area contributed by atoms with E-state index in [1.807, 2.05) is 20.8 Å². The minimum absolute atomic E-state index is 0.203. The molecule has 0 aliphatic rings. The van der Waals surface area contributed by atoms with Crippen molar-refractivity contribution in [3.8, 4) is 0 Å². The van der Waals surface area contributed by atoms with Crippen molar-refractivity contribution in [2.24, 2.45) is 10.8 Å². The Kier molecular flexibility index (Phi) is 5.86. The normalized spacial score (nSPS) is 18.9. The Balaban J connectivity index is 5.36. The van der Waals surface area contributed by atoms with Crippen LogP contribution in [0.1, 0.15) is 67.7 Å². The molecule has 108 valence electrons. The number of hydrogen-bond donors (Lipinski definition) is 1. The maximum Gasteiger partial charge on any atom is 0.312 e. The Bertz CT molecular complexity index is 281. The van der Waals surface area contributed by atoms with Crippen molar-refractivity contribution in [1.82, 2.24) is 0 Å². The fourth-order valence-electron chi connectivity index (χ4n) is 2.15. The van der Waals surface area contributed by atoms with Gasteiger partial charge >= 0.3 is 5.97 Å². The molecule has 0 heterocycles. The third-order valence-electron chi connectivity index (χ3n) is 4.60. The van der Waals surface area contributed by atoms with Crippen molar-refractivity contribution in [2.45, 2.75) is 73.3 Å². The molecule has 0 saturated heterocycles. The number of rotatable bonds is 7. The molecule has 2 atom stereocenters. The molecule has 18 heavy (non-hydrogen) atoms. The molecule has 0 radical (unpaired) electrons. The first-order valence-electron chi connectivity index (χ1n) is 6.96. The predicted octanol–water partition coefficient (Wildman–Crippen LogP) is 3.54. The Morgan fingerprint density at radius 1 is 1.06 bits per heavy atom. The first-order valence-corrected chi connectivity index (χ1v) is 6.96. The predicted molar refractivity (Wildman–Crippen MR) is 74.3 cm³/mol. The van der Waals surface area contributed by atoms with Gasteiger partial charge in [-0.25, -0.2) is 0 Å². The summed E-state index contributed by atoms with van der Waals surface area (Å²) in [4.78, 5) is 12.3. The fourth-order valence-corrected chi connectivity index (χ4v) is 2.15. The maximum absolute atomic E-state index is 12.3. The summed E-state index contributed by atoms with van der Waals surface area (Å²) in [6.45, 7) is 14.0. The molecule has 0 spiro atoms. The van der Waals surface area contributed by atoms with Crippen LogP contribution in [0, 0.1) is 10.8 Å². The summed E-state index contributed by atoms with van der Waals surface area (Å²) in [5, 5.41) is 10.3. The molecule has 0 saturated carbocycles. The van der Waals surface area contributed by atoms with Gasteiger partial charge in [0.05, 0.1) is 17.6 Å². The van der Waals surface area contributed by atoms with Crippen LogP contribution in [-0.4, -0.2) is 23.3 Å². The van der Waals surface area contributed by atoms with Gasteiger partial charge in [-0.15, -0.1) is 0 Å². The van der Waals surface area contributed by atoms with Crippen LogP contribution in [0.15, 0.2) is 0 Å². The van der Waals surface area contributed by atoms with Crippen molar-refractivity contribution in [1.29, 1.82) is 0 Å². The van der Waals surface area contributed by atoms with Crippen molar-refractivity contribution in [2.75, 3.05) is 6.61 Å². The molecule has 3 heteroatoms. The first kappa shape index (κ1) is 17.4. The van der Waals surface area contributed by atoms with Gasteiger partial charge in [-0.05, 0) is 45.4 Å². The molecule has 0 aromatic carbocycles. The topological polar surface area (TPSA) is 46.5 Å². The minimum Gasteiger partial charge on any atom is -0.466 e. The number of ether oxygens (including phenoxy) is 1. The van der Waals surface area contributed by atoms with Crippen molar-refractivity contribution in [3.63, 3.8) is 0 Å². The van der Waals surface area contributed by atoms with Crippen LogP contribution in [0.2, 0.25) is 0 Å². The monoisotopic (exact) mass is 258 g/mol. The Hall–Kier alpha value is -0.570. The van der Waals surface area contributed by atoms with Crippen molar-refractivity contribution >= 4 is 5.97 Å². The van der Waals surface area contributed by atoms with E-state index in [2.05, 4.69) is 20.8 Å². The molecule has 0 bridgehead atoms. The average molecular weight is 258 g/mol. The lowest BCUT2D eigenvalue weighted by atomic mass is 9.60. The van der Waals surface area contributed by atoms with E-state index in [0.717, 1.165) is 6.42 Å². The van der Waals surface area contributed by atoms with E-state index < -0.39 is 11.0 Å². The summed E-state index contributed by atoms with van der Waals surface area (Å²) < 4.78 is 5.24. The SMILES string of the molecule is CCOC(=O)C(C)(CC(C)(O)CC)C(C)(C)CC. The van der Waals surface area contributed by atoms with Gasteiger partial charge in [0.2, 0.25) is 0 Å². The highest BCUT2D eigenvalue weighted by Crippen LogP contribution is 2.48. The highest BCUT2D eigenvalue weighted by atomic mass is 16.5. The number of esters is 1. The summed E-state index contributed by atoms with van der Waals surface area (Å²) in [5.74, 6) is -0.203. The lowest BCUT2D eigenvalue weighted by Gasteiger charge is -2.45. The summed E-state index contributed by atoms with van der Waals surface area (Å²) in [5.41, 5.74) is -1.72. The fraction of sp³-hybridized carbons (Fsp3) is 0.933. The van der Waals surface area contributed by atoms with Crippen LogP contribution in [0.3, 0.4) is 0 Å². The van der Waals surface area contributed by atoms with Crippen LogP contribution in [0.4, 0.5) is 0 Å². The molecule has 0 aliphatic carbocycles. The minimum atomic E-state index is -0.839. The second-order valence-corrected chi connectivity index (χ2v) is 6.32. The Morgan fingerprint density at radius 2 is 1.56 bits per heavy atom. The third kappa shape index (κ3) is 3.71. The van der Waals surface area contributed by atoms with Crippen molar-refractivity contribution < 1.29 is 14.6 Å². The van der Waals surface area contributed by atoms with E-state index in [1.165, 1.54) is 0 Å². The van der Waals surface area contributed by atoms with Gasteiger partial charge in [-0.1, -0.05) is 27.7 Å². The van der Waals surface area contributed by atoms with E-state index in [4.69, 9.17) is 4.74 Å². The second kappa shape index (κ2) is 6.05. The molecule has 0 rings (SSSR count). The molecular formula is C15H30O3. The lowest BCUT2D eigenvalue weighted by Crippen LogP contribution is -2.48. The number of hydrogen-bond acceptors (Lipinski definition) is 3. The molecule has 2 unspecified atom stereocenters. The van der Waals surface area contributed by atoms with Crippen LogP contribution in [0.5, 0.6) is 0 Å². The largest absolute Gasteiger partial charge is 0.466 e. The van der Waals surface area contributed by atoms with Gasteiger partial charge in [0.15, 0.2) is 0 Å². The molecule has 3 nitrogen and oxygen atoms in total. The van der Waals surface area contributed by atoms with E-state index in [-0.39, 0.29) is 11.4 Å². The van der Waals surface area contributed by atoms with E-state index in [9.17, 15) is 9.90 Å². The summed E-state index contributed by atoms with van der Waals surface area (Å²) >= 11 is 0. The van der Waals surface area contributed by atoms with Gasteiger partial charge in [-0.3, -0.25) is 4.79 Å². The zero-order chi connectivity index (χ0) is 14.6. The molecule has 0 fully saturated rings. The van der Waals surface area contributed by atoms with Gasteiger partial charge in [-0.2, -0.15) is 0 Å². The van der Waals surface area contributed by atoms with Crippen LogP contribution in [-0.2, 0) is 9.53 Å². The number of aliphatic hydroxyl groups is 1. The van der Waals surface area contributed by atoms with E-state index >= 15 is 0 Å². The van der Waals surface area contributed by atoms with Crippen LogP contribution >= 0.6 is 0 Å². The summed E-state index contributed by atoms with van der Waals surface area (Å²) in [6.07, 6.45) is 1.92. The average Bonchev–Trinajstić information content (AvgIpc) is 2.28. The van der Waals surface area contributed by atoms with E-state index in [1.54, 1.807) is 6.92 Å². The highest BCUT2D eigenvalue weighted by molar-refractivity contribution is 5.77. The lowest BCUT2D eigenvalue weighted by molar-refractivity contribution is -0.168. The smallest absolute Gasteiger partial charge is 0.312 e. The van der Waals surface area contributed by atoms with Crippen LogP contribution < -0.4 is 0 Å². The molecule has 1 N–H and O–H groups in total. The molecule has 0 aliphatic heterocycles. The first-order chi connectivity index (χ1) is 8.06. The van der Waals surface area contributed by atoms with Crippen molar-refractivity contribution in [3.05, 3.63) is 0 Å². The second-order valence-electron chi connectivity index (χ2n) is 6.32. The summed E-state index contributed by atoms with van der Waals surface area (Å²) in [7, 11) is 0. The molecule has 0 aromatic heterocycles.